The Bertz CT molecular complexity index is 767. The first kappa shape index (κ1) is 20.4. The van der Waals surface area contributed by atoms with Gasteiger partial charge in [0.25, 0.3) is 0 Å². The fraction of sp³-hybridized carbons (Fsp3) is 0.368. The Balaban J connectivity index is 2.22. The lowest BCUT2D eigenvalue weighted by atomic mass is 10.2. The fourth-order valence-electron chi connectivity index (χ4n) is 2.52. The molecule has 2 aromatic carbocycles. The summed E-state index contributed by atoms with van der Waals surface area (Å²) in [5, 5.41) is 0. The molecule has 6 nitrogen and oxygen atoms in total. The largest absolute Gasteiger partial charge is 0.457 e. The van der Waals surface area contributed by atoms with Crippen LogP contribution < -0.4 is 16.2 Å². The molecule has 2 aromatic rings. The summed E-state index contributed by atoms with van der Waals surface area (Å²) in [4.78, 5) is 0. The zero-order chi connectivity index (χ0) is 18.8. The Labute approximate surface area is 155 Å². The van der Waals surface area contributed by atoms with E-state index < -0.39 is 10.0 Å². The van der Waals surface area contributed by atoms with Gasteiger partial charge in [-0.2, -0.15) is 4.31 Å². The van der Waals surface area contributed by atoms with Crippen molar-refractivity contribution < 1.29 is 13.2 Å². The summed E-state index contributed by atoms with van der Waals surface area (Å²) in [6.07, 6.45) is 1.03. The topological polar surface area (TPSA) is 98.6 Å². The predicted octanol–water partition coefficient (Wildman–Crippen LogP) is 2.31. The van der Waals surface area contributed by atoms with Crippen molar-refractivity contribution in [2.75, 3.05) is 25.4 Å². The summed E-state index contributed by atoms with van der Waals surface area (Å²) in [6.45, 7) is 1.40. The number of sulfonamides is 1. The summed E-state index contributed by atoms with van der Waals surface area (Å²) in [5.41, 5.74) is 11.9. The minimum atomic E-state index is -3.40. The Kier molecular flexibility index (Phi) is 8.06. The molecular formula is C19H27N3O3S. The lowest BCUT2D eigenvalue weighted by Gasteiger charge is -2.23. The molecule has 142 valence electrons. The highest BCUT2D eigenvalue weighted by atomic mass is 32.2. The van der Waals surface area contributed by atoms with Gasteiger partial charge in [-0.1, -0.05) is 36.4 Å². The van der Waals surface area contributed by atoms with Crippen LogP contribution in [0, 0.1) is 0 Å². The molecule has 0 aromatic heterocycles. The lowest BCUT2D eigenvalue weighted by molar-refractivity contribution is 0.391. The highest BCUT2D eigenvalue weighted by Crippen LogP contribution is 2.27. The minimum Gasteiger partial charge on any atom is -0.457 e. The zero-order valence-electron chi connectivity index (χ0n) is 14.9. The molecule has 0 radical (unpaired) electrons. The molecule has 0 amide bonds. The van der Waals surface area contributed by atoms with Crippen LogP contribution in [0.5, 0.6) is 11.5 Å². The second-order valence-electron chi connectivity index (χ2n) is 5.96. The molecule has 7 heteroatoms. The number of nitrogens with zero attached hydrogens (tertiary/aromatic N) is 1. The van der Waals surface area contributed by atoms with Gasteiger partial charge in [0, 0.05) is 18.7 Å². The molecule has 0 saturated heterocycles. The van der Waals surface area contributed by atoms with Gasteiger partial charge in [0.15, 0.2) is 0 Å². The molecule has 0 aliphatic heterocycles. The van der Waals surface area contributed by atoms with Crippen molar-refractivity contribution in [3.8, 4) is 11.5 Å². The summed E-state index contributed by atoms with van der Waals surface area (Å²) >= 11 is 0. The molecule has 0 spiro atoms. The van der Waals surface area contributed by atoms with Crippen molar-refractivity contribution >= 4 is 10.0 Å². The molecule has 0 aliphatic carbocycles. The van der Waals surface area contributed by atoms with Gasteiger partial charge in [-0.3, -0.25) is 0 Å². The Morgan fingerprint density at radius 2 is 1.54 bits per heavy atom. The van der Waals surface area contributed by atoms with E-state index in [0.29, 0.717) is 44.0 Å². The maximum atomic E-state index is 12.7. The number of nitrogens with two attached hydrogens (primary N) is 2. The van der Waals surface area contributed by atoms with Crippen LogP contribution in [0.3, 0.4) is 0 Å². The van der Waals surface area contributed by atoms with Crippen molar-refractivity contribution in [2.24, 2.45) is 11.5 Å². The Morgan fingerprint density at radius 1 is 0.885 bits per heavy atom. The maximum Gasteiger partial charge on any atom is 0.214 e. The quantitative estimate of drug-likeness (QED) is 0.626. The van der Waals surface area contributed by atoms with E-state index in [-0.39, 0.29) is 12.3 Å². The summed E-state index contributed by atoms with van der Waals surface area (Å²) < 4.78 is 32.7. The first-order valence-corrected chi connectivity index (χ1v) is 10.4. The Morgan fingerprint density at radius 3 is 2.23 bits per heavy atom. The normalized spacial score (nSPS) is 11.7. The molecular weight excluding hydrogens is 350 g/mol. The molecule has 0 saturated carbocycles. The third-order valence-corrected chi connectivity index (χ3v) is 5.80. The molecule has 0 unspecified atom stereocenters. The molecule has 26 heavy (non-hydrogen) atoms. The van der Waals surface area contributed by atoms with Gasteiger partial charge in [0.05, 0.1) is 5.75 Å². The Hall–Kier alpha value is -1.93. The molecule has 0 atom stereocenters. The van der Waals surface area contributed by atoms with Gasteiger partial charge >= 0.3 is 0 Å². The van der Waals surface area contributed by atoms with E-state index >= 15 is 0 Å². The van der Waals surface area contributed by atoms with E-state index in [4.69, 9.17) is 16.2 Å². The SMILES string of the molecule is NCCCN(Cc1ccccc1Oc1ccccc1)S(=O)(=O)CCCN. The van der Waals surface area contributed by atoms with Gasteiger partial charge in [-0.05, 0) is 44.1 Å². The number of hydrogen-bond acceptors (Lipinski definition) is 5. The minimum absolute atomic E-state index is 0.0375. The van der Waals surface area contributed by atoms with E-state index in [1.165, 1.54) is 4.31 Å². The average Bonchev–Trinajstić information content (AvgIpc) is 2.65. The average molecular weight is 378 g/mol. The van der Waals surface area contributed by atoms with E-state index in [1.54, 1.807) is 0 Å². The van der Waals surface area contributed by atoms with Gasteiger partial charge in [-0.25, -0.2) is 8.42 Å². The first-order valence-electron chi connectivity index (χ1n) is 8.75. The van der Waals surface area contributed by atoms with Gasteiger partial charge in [0.2, 0.25) is 10.0 Å². The van der Waals surface area contributed by atoms with Crippen molar-refractivity contribution in [3.05, 3.63) is 60.2 Å². The predicted molar refractivity (Wildman–Crippen MR) is 104 cm³/mol. The van der Waals surface area contributed by atoms with Crippen molar-refractivity contribution in [1.82, 2.24) is 4.31 Å². The van der Waals surface area contributed by atoms with Crippen LogP contribution in [-0.2, 0) is 16.6 Å². The van der Waals surface area contributed by atoms with Crippen LogP contribution in [0.15, 0.2) is 54.6 Å². The summed E-state index contributed by atoms with van der Waals surface area (Å²) in [6, 6.07) is 16.9. The summed E-state index contributed by atoms with van der Waals surface area (Å²) in [5.74, 6) is 1.39. The molecule has 0 bridgehead atoms. The van der Waals surface area contributed by atoms with Crippen molar-refractivity contribution in [3.63, 3.8) is 0 Å². The van der Waals surface area contributed by atoms with E-state index in [2.05, 4.69) is 0 Å². The molecule has 0 heterocycles. The number of ether oxygens (including phenoxy) is 1. The monoisotopic (exact) mass is 377 g/mol. The smallest absolute Gasteiger partial charge is 0.214 e. The number of hydrogen-bond donors (Lipinski definition) is 2. The third kappa shape index (κ3) is 6.10. The van der Waals surface area contributed by atoms with Gasteiger partial charge < -0.3 is 16.2 Å². The highest BCUT2D eigenvalue weighted by molar-refractivity contribution is 7.89. The van der Waals surface area contributed by atoms with Crippen molar-refractivity contribution in [1.29, 1.82) is 0 Å². The van der Waals surface area contributed by atoms with Crippen LogP contribution in [0.1, 0.15) is 18.4 Å². The second-order valence-corrected chi connectivity index (χ2v) is 8.05. The number of benzene rings is 2. The molecule has 2 rings (SSSR count). The van der Waals surface area contributed by atoms with Gasteiger partial charge in [-0.15, -0.1) is 0 Å². The molecule has 4 N–H and O–H groups in total. The van der Waals surface area contributed by atoms with E-state index in [9.17, 15) is 8.42 Å². The number of para-hydroxylation sites is 2. The lowest BCUT2D eigenvalue weighted by Crippen LogP contribution is -2.35. The highest BCUT2D eigenvalue weighted by Gasteiger charge is 2.22. The van der Waals surface area contributed by atoms with Crippen LogP contribution in [-0.4, -0.2) is 38.1 Å². The molecule has 0 aliphatic rings. The third-order valence-electron chi connectivity index (χ3n) is 3.90. The van der Waals surface area contributed by atoms with E-state index in [0.717, 1.165) is 5.56 Å². The number of rotatable bonds is 11. The first-order chi connectivity index (χ1) is 12.6. The van der Waals surface area contributed by atoms with Crippen LogP contribution >= 0.6 is 0 Å². The van der Waals surface area contributed by atoms with Gasteiger partial charge in [0.1, 0.15) is 11.5 Å². The van der Waals surface area contributed by atoms with Crippen molar-refractivity contribution in [2.45, 2.75) is 19.4 Å². The summed E-state index contributed by atoms with van der Waals surface area (Å²) in [7, 11) is -3.40. The molecule has 0 fully saturated rings. The van der Waals surface area contributed by atoms with E-state index in [1.807, 2.05) is 54.6 Å². The second kappa shape index (κ2) is 10.3. The maximum absolute atomic E-state index is 12.7. The van der Waals surface area contributed by atoms with Crippen LogP contribution in [0.2, 0.25) is 0 Å². The van der Waals surface area contributed by atoms with Crippen LogP contribution in [0.4, 0.5) is 0 Å². The zero-order valence-corrected chi connectivity index (χ0v) is 15.7. The fourth-order valence-corrected chi connectivity index (χ4v) is 4.05. The van der Waals surface area contributed by atoms with Crippen LogP contribution in [0.25, 0.3) is 0 Å². The standard InChI is InChI=1S/C19H27N3O3S/c20-12-6-14-22(26(23,24)15-7-13-21)16-17-8-4-5-11-19(17)25-18-9-2-1-3-10-18/h1-5,8-11H,6-7,12-16,20-21H2.